The highest BCUT2D eigenvalue weighted by Gasteiger charge is 2.29. The topological polar surface area (TPSA) is 12.0 Å². The third-order valence-electron chi connectivity index (χ3n) is 3.88. The van der Waals surface area contributed by atoms with Crippen LogP contribution in [0.4, 0.5) is 0 Å². The summed E-state index contributed by atoms with van der Waals surface area (Å²) in [6, 6.07) is 4.44. The van der Waals surface area contributed by atoms with Crippen LogP contribution in [0.5, 0.6) is 0 Å². The molecule has 1 aliphatic rings. The van der Waals surface area contributed by atoms with Crippen molar-refractivity contribution in [2.45, 2.75) is 39.5 Å². The first-order valence-corrected chi connectivity index (χ1v) is 7.86. The fourth-order valence-corrected chi connectivity index (χ4v) is 3.35. The molecule has 2 unspecified atom stereocenters. The van der Waals surface area contributed by atoms with Crippen molar-refractivity contribution in [3.8, 4) is 0 Å². The van der Waals surface area contributed by atoms with Crippen LogP contribution in [0.1, 0.15) is 38.0 Å². The maximum Gasteiger partial charge on any atom is 0.00453 e. The van der Waals surface area contributed by atoms with Crippen LogP contribution in [0.25, 0.3) is 0 Å². The highest BCUT2D eigenvalue weighted by Crippen LogP contribution is 2.37. The van der Waals surface area contributed by atoms with E-state index in [-0.39, 0.29) is 0 Å². The van der Waals surface area contributed by atoms with Gasteiger partial charge >= 0.3 is 0 Å². The van der Waals surface area contributed by atoms with Crippen molar-refractivity contribution >= 4 is 11.3 Å². The van der Waals surface area contributed by atoms with Crippen molar-refractivity contribution in [2.24, 2.45) is 17.8 Å². The Morgan fingerprint density at radius 1 is 1.35 bits per heavy atom. The molecule has 96 valence electrons. The lowest BCUT2D eigenvalue weighted by molar-refractivity contribution is 0.159. The van der Waals surface area contributed by atoms with Gasteiger partial charge in [0.2, 0.25) is 0 Å². The molecule has 2 heteroatoms. The van der Waals surface area contributed by atoms with Crippen LogP contribution in [0.2, 0.25) is 0 Å². The second kappa shape index (κ2) is 6.55. The van der Waals surface area contributed by atoms with Crippen molar-refractivity contribution in [2.75, 3.05) is 13.1 Å². The minimum absolute atomic E-state index is 0.777. The largest absolute Gasteiger partial charge is 0.316 e. The Bertz CT molecular complexity index is 305. The molecule has 1 aromatic rings. The molecular formula is C15H25NS. The molecule has 1 N–H and O–H groups in total. The Kier molecular flexibility index (Phi) is 5.05. The predicted octanol–water partition coefficient (Wildman–Crippen LogP) is 3.95. The first-order chi connectivity index (χ1) is 8.25. The highest BCUT2D eigenvalue weighted by atomic mass is 32.1. The van der Waals surface area contributed by atoms with Gasteiger partial charge in [-0.1, -0.05) is 19.9 Å². The lowest BCUT2D eigenvalue weighted by atomic mass is 9.71. The smallest absolute Gasteiger partial charge is 0.00453 e. The van der Waals surface area contributed by atoms with Crippen LogP contribution in [0.15, 0.2) is 17.5 Å². The molecule has 1 heterocycles. The Morgan fingerprint density at radius 3 is 2.76 bits per heavy atom. The molecule has 0 saturated heterocycles. The molecule has 2 atom stereocenters. The number of hydrogen-bond donors (Lipinski definition) is 1. The number of nitrogens with one attached hydrogen (secondary N) is 1. The van der Waals surface area contributed by atoms with Crippen molar-refractivity contribution in [1.82, 2.24) is 5.32 Å². The zero-order chi connectivity index (χ0) is 12.1. The summed E-state index contributed by atoms with van der Waals surface area (Å²) >= 11 is 1.91. The lowest BCUT2D eigenvalue weighted by Gasteiger charge is -2.37. The summed E-state index contributed by atoms with van der Waals surface area (Å²) in [6.07, 6.45) is 5.59. The van der Waals surface area contributed by atoms with E-state index in [2.05, 4.69) is 36.7 Å². The fraction of sp³-hybridized carbons (Fsp3) is 0.733. The molecule has 17 heavy (non-hydrogen) atoms. The molecule has 0 aliphatic heterocycles. The number of aryl methyl sites for hydroxylation is 1. The van der Waals surface area contributed by atoms with Crippen molar-refractivity contribution in [3.05, 3.63) is 22.4 Å². The number of rotatable bonds is 7. The molecule has 1 aliphatic carbocycles. The average molecular weight is 251 g/mol. The lowest BCUT2D eigenvalue weighted by Crippen LogP contribution is -2.36. The summed E-state index contributed by atoms with van der Waals surface area (Å²) < 4.78 is 0. The van der Waals surface area contributed by atoms with Gasteiger partial charge in [-0.05, 0) is 68.0 Å². The van der Waals surface area contributed by atoms with E-state index < -0.39 is 0 Å². The fourth-order valence-electron chi connectivity index (χ4n) is 2.63. The molecule has 2 rings (SSSR count). The summed E-state index contributed by atoms with van der Waals surface area (Å²) in [5.74, 6) is 2.71. The van der Waals surface area contributed by atoms with Gasteiger partial charge in [0, 0.05) is 4.88 Å². The van der Waals surface area contributed by atoms with Gasteiger partial charge < -0.3 is 5.32 Å². The first-order valence-electron chi connectivity index (χ1n) is 6.99. The third kappa shape index (κ3) is 4.11. The summed E-state index contributed by atoms with van der Waals surface area (Å²) in [7, 11) is 0. The monoisotopic (exact) mass is 251 g/mol. The van der Waals surface area contributed by atoms with Crippen LogP contribution in [0.3, 0.4) is 0 Å². The molecule has 0 spiro atoms. The molecule has 1 nitrogen and oxygen atoms in total. The van der Waals surface area contributed by atoms with Gasteiger partial charge in [0.05, 0.1) is 0 Å². The van der Waals surface area contributed by atoms with Gasteiger partial charge in [-0.15, -0.1) is 11.3 Å². The normalized spacial score (nSPS) is 23.9. The van der Waals surface area contributed by atoms with Crippen LogP contribution in [0, 0.1) is 17.8 Å². The summed E-state index contributed by atoms with van der Waals surface area (Å²) in [5, 5.41) is 5.80. The maximum absolute atomic E-state index is 3.61. The third-order valence-corrected chi connectivity index (χ3v) is 4.81. The first kappa shape index (κ1) is 13.1. The Balaban J connectivity index is 1.61. The molecule has 0 aromatic carbocycles. The predicted molar refractivity (Wildman–Crippen MR) is 76.6 cm³/mol. The summed E-state index contributed by atoms with van der Waals surface area (Å²) in [5.41, 5.74) is 0. The van der Waals surface area contributed by atoms with Gasteiger partial charge in [0.1, 0.15) is 0 Å². The Labute approximate surface area is 110 Å². The zero-order valence-corrected chi connectivity index (χ0v) is 11.9. The van der Waals surface area contributed by atoms with E-state index in [1.165, 1.54) is 38.8 Å². The maximum atomic E-state index is 3.61. The number of hydrogen-bond acceptors (Lipinski definition) is 2. The van der Waals surface area contributed by atoms with Crippen LogP contribution >= 0.6 is 11.3 Å². The molecule has 0 radical (unpaired) electrons. The molecule has 1 fully saturated rings. The summed E-state index contributed by atoms with van der Waals surface area (Å²) in [6.45, 7) is 6.98. The summed E-state index contributed by atoms with van der Waals surface area (Å²) in [4.78, 5) is 1.56. The molecule has 1 saturated carbocycles. The van der Waals surface area contributed by atoms with E-state index >= 15 is 0 Å². The van der Waals surface area contributed by atoms with E-state index in [1.54, 1.807) is 4.88 Å². The quantitative estimate of drug-likeness (QED) is 0.773. The number of thiophene rings is 1. The van der Waals surface area contributed by atoms with Gasteiger partial charge in [0.15, 0.2) is 0 Å². The van der Waals surface area contributed by atoms with Crippen LogP contribution in [-0.2, 0) is 6.42 Å². The van der Waals surface area contributed by atoms with Gasteiger partial charge in [0.25, 0.3) is 0 Å². The molecule has 0 amide bonds. The second-order valence-electron chi connectivity index (χ2n) is 5.77. The highest BCUT2D eigenvalue weighted by molar-refractivity contribution is 7.09. The van der Waals surface area contributed by atoms with Gasteiger partial charge in [-0.25, -0.2) is 0 Å². The minimum atomic E-state index is 0.777. The van der Waals surface area contributed by atoms with Crippen LogP contribution in [-0.4, -0.2) is 13.1 Å². The van der Waals surface area contributed by atoms with Crippen molar-refractivity contribution < 1.29 is 0 Å². The Morgan fingerprint density at radius 2 is 2.18 bits per heavy atom. The Hall–Kier alpha value is -0.340. The standard InChI is InChI=1S/C15H25NS/c1-12(2)10-16-11-14-6-5-13(14)7-8-15-4-3-9-17-15/h3-4,9,12-14,16H,5-8,10-11H2,1-2H3. The zero-order valence-electron chi connectivity index (χ0n) is 11.1. The second-order valence-corrected chi connectivity index (χ2v) is 6.80. The molecular weight excluding hydrogens is 226 g/mol. The average Bonchev–Trinajstić information content (AvgIpc) is 2.75. The molecule has 0 bridgehead atoms. The van der Waals surface area contributed by atoms with E-state index in [9.17, 15) is 0 Å². The van der Waals surface area contributed by atoms with E-state index in [4.69, 9.17) is 0 Å². The minimum Gasteiger partial charge on any atom is -0.316 e. The SMILES string of the molecule is CC(C)CNCC1CCC1CCc1cccs1. The van der Waals surface area contributed by atoms with Crippen LogP contribution < -0.4 is 5.32 Å². The van der Waals surface area contributed by atoms with Gasteiger partial charge in [-0.3, -0.25) is 0 Å². The van der Waals surface area contributed by atoms with E-state index in [0.717, 1.165) is 17.8 Å². The van der Waals surface area contributed by atoms with Crippen molar-refractivity contribution in [3.63, 3.8) is 0 Å². The van der Waals surface area contributed by atoms with Gasteiger partial charge in [-0.2, -0.15) is 0 Å². The van der Waals surface area contributed by atoms with E-state index in [1.807, 2.05) is 11.3 Å². The van der Waals surface area contributed by atoms with Crippen molar-refractivity contribution in [1.29, 1.82) is 0 Å². The van der Waals surface area contributed by atoms with E-state index in [0.29, 0.717) is 0 Å². The molecule has 1 aromatic heterocycles.